The lowest BCUT2D eigenvalue weighted by molar-refractivity contribution is -0.113. The normalized spacial score (nSPS) is 9.50. The van der Waals surface area contributed by atoms with Crippen LogP contribution in [0.5, 0.6) is 0 Å². The molecule has 3 amide bonds. The molecule has 6 heteroatoms. The first-order chi connectivity index (χ1) is 5.70. The summed E-state index contributed by atoms with van der Waals surface area (Å²) >= 11 is 0. The molecule has 0 rings (SSSR count). The van der Waals surface area contributed by atoms with E-state index in [0.29, 0.717) is 6.54 Å². The molecule has 0 saturated carbocycles. The summed E-state index contributed by atoms with van der Waals surface area (Å²) in [7, 11) is 1.30. The summed E-state index contributed by atoms with van der Waals surface area (Å²) in [5, 5.41) is 7.54. The Hall–Kier alpha value is -1.59. The van der Waals surface area contributed by atoms with Gasteiger partial charge < -0.3 is 10.2 Å². The quantitative estimate of drug-likeness (QED) is 0.444. The topological polar surface area (TPSA) is 79.8 Å². The van der Waals surface area contributed by atoms with E-state index in [1.807, 2.05) is 5.32 Å². The Morgan fingerprint density at radius 3 is 2.75 bits per heavy atom. The molecular formula is C6H11N3O3. The highest BCUT2D eigenvalue weighted by Gasteiger charge is 2.02. The van der Waals surface area contributed by atoms with Gasteiger partial charge in [-0.2, -0.15) is 0 Å². The molecule has 0 aromatic carbocycles. The molecule has 0 atom stereocenters. The van der Waals surface area contributed by atoms with Crippen LogP contribution >= 0.6 is 0 Å². The maximum atomic E-state index is 10.7. The number of hydrogen-bond donors (Lipinski definition) is 2. The van der Waals surface area contributed by atoms with Crippen LogP contribution < -0.4 is 10.6 Å². The monoisotopic (exact) mass is 173 g/mol. The molecule has 0 aromatic heterocycles. The molecule has 6 nitrogen and oxygen atoms in total. The molecule has 0 aliphatic rings. The molecule has 0 aromatic rings. The fourth-order valence-corrected chi connectivity index (χ4v) is 0.449. The minimum absolute atomic E-state index is 0.459. The Morgan fingerprint density at radius 2 is 2.25 bits per heavy atom. The molecule has 0 unspecified atom stereocenters. The van der Waals surface area contributed by atoms with E-state index in [-0.39, 0.29) is 0 Å². The van der Waals surface area contributed by atoms with Crippen molar-refractivity contribution in [2.45, 2.75) is 6.92 Å². The highest BCUT2D eigenvalue weighted by molar-refractivity contribution is 6.29. The van der Waals surface area contributed by atoms with Crippen molar-refractivity contribution in [3.8, 4) is 0 Å². The van der Waals surface area contributed by atoms with Crippen molar-refractivity contribution in [1.29, 1.82) is 0 Å². The third-order valence-electron chi connectivity index (χ3n) is 0.849. The third-order valence-corrected chi connectivity index (χ3v) is 0.849. The fraction of sp³-hybridized carbons (Fsp3) is 0.500. The Kier molecular flexibility index (Phi) is 5.33. The minimum Gasteiger partial charge on any atom is -0.399 e. The van der Waals surface area contributed by atoms with Crippen LogP contribution in [0.4, 0.5) is 4.79 Å². The van der Waals surface area contributed by atoms with Gasteiger partial charge in [-0.1, -0.05) is 5.16 Å². The maximum absolute atomic E-state index is 10.7. The zero-order chi connectivity index (χ0) is 9.40. The van der Waals surface area contributed by atoms with Crippen molar-refractivity contribution < 1.29 is 14.4 Å². The highest BCUT2D eigenvalue weighted by atomic mass is 16.6. The molecule has 0 heterocycles. The molecule has 0 saturated heterocycles. The first-order valence-electron chi connectivity index (χ1n) is 3.36. The van der Waals surface area contributed by atoms with Gasteiger partial charge in [0, 0.05) is 6.54 Å². The van der Waals surface area contributed by atoms with E-state index in [1.165, 1.54) is 7.11 Å². The highest BCUT2D eigenvalue weighted by Crippen LogP contribution is 1.67. The zero-order valence-corrected chi connectivity index (χ0v) is 6.96. The van der Waals surface area contributed by atoms with Crippen LogP contribution in [0.3, 0.4) is 0 Å². The molecular weight excluding hydrogens is 162 g/mol. The van der Waals surface area contributed by atoms with Crippen molar-refractivity contribution in [1.82, 2.24) is 10.6 Å². The second kappa shape index (κ2) is 6.14. The van der Waals surface area contributed by atoms with Gasteiger partial charge in [0.25, 0.3) is 5.91 Å². The average Bonchev–Trinajstić information content (AvgIpc) is 2.01. The van der Waals surface area contributed by atoms with Gasteiger partial charge in [-0.15, -0.1) is 0 Å². The van der Waals surface area contributed by atoms with Crippen molar-refractivity contribution in [3.05, 3.63) is 0 Å². The molecule has 0 spiro atoms. The number of carbonyl (C=O) groups is 2. The van der Waals surface area contributed by atoms with E-state index in [1.54, 1.807) is 6.92 Å². The molecule has 0 fully saturated rings. The third kappa shape index (κ3) is 5.21. The van der Waals surface area contributed by atoms with Crippen LogP contribution in [0.15, 0.2) is 5.16 Å². The summed E-state index contributed by atoms with van der Waals surface area (Å²) in [5.74, 6) is -0.622. The standard InChI is InChI=1S/C6H11N3O3/c1-3-7-6(11)9-5(10)4-8-12-2/h4H,3H2,1-2H3,(H2,7,9,10,11)/b8-4+. The summed E-state index contributed by atoms with van der Waals surface area (Å²) in [6.45, 7) is 2.20. The van der Waals surface area contributed by atoms with Gasteiger partial charge in [0.05, 0.1) is 0 Å². The number of amides is 3. The lowest BCUT2D eigenvalue weighted by Crippen LogP contribution is -2.39. The van der Waals surface area contributed by atoms with Crippen molar-refractivity contribution in [2.24, 2.45) is 5.16 Å². The number of nitrogens with zero attached hydrogens (tertiary/aromatic N) is 1. The smallest absolute Gasteiger partial charge is 0.321 e. The van der Waals surface area contributed by atoms with E-state index in [0.717, 1.165) is 6.21 Å². The van der Waals surface area contributed by atoms with Crippen LogP contribution in [0.2, 0.25) is 0 Å². The van der Waals surface area contributed by atoms with E-state index in [9.17, 15) is 9.59 Å². The number of carbonyl (C=O) groups excluding carboxylic acids is 2. The molecule has 0 bridgehead atoms. The van der Waals surface area contributed by atoms with Crippen molar-refractivity contribution >= 4 is 18.2 Å². The Labute approximate surface area is 69.9 Å². The number of imide groups is 1. The lowest BCUT2D eigenvalue weighted by Gasteiger charge is -1.99. The molecule has 0 aliphatic heterocycles. The number of hydrogen-bond acceptors (Lipinski definition) is 4. The second-order valence-electron chi connectivity index (χ2n) is 1.77. The summed E-state index contributed by atoms with van der Waals surface area (Å²) in [6.07, 6.45) is 0.870. The minimum atomic E-state index is -0.622. The predicted octanol–water partition coefficient (Wildman–Crippen LogP) is -0.536. The second-order valence-corrected chi connectivity index (χ2v) is 1.77. The van der Waals surface area contributed by atoms with Gasteiger partial charge in [-0.05, 0) is 6.92 Å². The SMILES string of the molecule is CCNC(=O)NC(=O)/C=N/OC. The van der Waals surface area contributed by atoms with Gasteiger partial charge in [0.15, 0.2) is 0 Å². The largest absolute Gasteiger partial charge is 0.399 e. The predicted molar refractivity (Wildman–Crippen MR) is 42.7 cm³/mol. The number of rotatable bonds is 3. The maximum Gasteiger partial charge on any atom is 0.321 e. The number of nitrogens with one attached hydrogen (secondary N) is 2. The van der Waals surface area contributed by atoms with Gasteiger partial charge in [0.1, 0.15) is 13.3 Å². The number of urea groups is 1. The summed E-state index contributed by atoms with van der Waals surface area (Å²) < 4.78 is 0. The Balaban J connectivity index is 3.69. The molecule has 68 valence electrons. The van der Waals surface area contributed by atoms with Crippen molar-refractivity contribution in [2.75, 3.05) is 13.7 Å². The Morgan fingerprint density at radius 1 is 1.58 bits per heavy atom. The van der Waals surface area contributed by atoms with E-state index in [2.05, 4.69) is 15.3 Å². The average molecular weight is 173 g/mol. The molecule has 12 heavy (non-hydrogen) atoms. The molecule has 0 aliphatic carbocycles. The fourth-order valence-electron chi connectivity index (χ4n) is 0.449. The van der Waals surface area contributed by atoms with Gasteiger partial charge >= 0.3 is 6.03 Å². The van der Waals surface area contributed by atoms with E-state index in [4.69, 9.17) is 0 Å². The van der Waals surface area contributed by atoms with Gasteiger partial charge in [-0.3, -0.25) is 10.1 Å². The van der Waals surface area contributed by atoms with Gasteiger partial charge in [0.2, 0.25) is 0 Å². The molecule has 0 radical (unpaired) electrons. The summed E-state index contributed by atoms with van der Waals surface area (Å²) in [5.41, 5.74) is 0. The molecule has 2 N–H and O–H groups in total. The summed E-state index contributed by atoms with van der Waals surface area (Å²) in [6, 6.07) is -0.551. The summed E-state index contributed by atoms with van der Waals surface area (Å²) in [4.78, 5) is 25.6. The van der Waals surface area contributed by atoms with Crippen LogP contribution in [-0.4, -0.2) is 31.8 Å². The van der Waals surface area contributed by atoms with Crippen LogP contribution in [0.1, 0.15) is 6.92 Å². The van der Waals surface area contributed by atoms with Gasteiger partial charge in [-0.25, -0.2) is 4.79 Å². The first kappa shape index (κ1) is 10.4. The van der Waals surface area contributed by atoms with E-state index < -0.39 is 11.9 Å². The van der Waals surface area contributed by atoms with Crippen molar-refractivity contribution in [3.63, 3.8) is 0 Å². The van der Waals surface area contributed by atoms with E-state index >= 15 is 0 Å². The van der Waals surface area contributed by atoms with Crippen LogP contribution in [0.25, 0.3) is 0 Å². The lowest BCUT2D eigenvalue weighted by atomic mass is 10.6. The Bertz CT molecular complexity index is 190. The zero-order valence-electron chi connectivity index (χ0n) is 6.96. The van der Waals surface area contributed by atoms with Crippen LogP contribution in [-0.2, 0) is 9.63 Å². The van der Waals surface area contributed by atoms with Crippen LogP contribution in [0, 0.1) is 0 Å². The first-order valence-corrected chi connectivity index (χ1v) is 3.36. The number of oxime groups is 1.